The second kappa shape index (κ2) is 11.9. The summed E-state index contributed by atoms with van der Waals surface area (Å²) in [6, 6.07) is 21.0. The molecule has 0 spiro atoms. The molecule has 0 heterocycles. The van der Waals surface area contributed by atoms with Crippen molar-refractivity contribution in [2.75, 3.05) is 13.7 Å². The van der Waals surface area contributed by atoms with Gasteiger partial charge in [0, 0.05) is 19.1 Å². The van der Waals surface area contributed by atoms with Crippen molar-refractivity contribution in [2.24, 2.45) is 0 Å². The molecule has 184 valence electrons. The molecule has 5 heteroatoms. The smallest absolute Gasteiger partial charge is 0.141 e. The minimum atomic E-state index is -0.556. The van der Waals surface area contributed by atoms with Gasteiger partial charge in [-0.05, 0) is 89.9 Å². The quantitative estimate of drug-likeness (QED) is 0.220. The summed E-state index contributed by atoms with van der Waals surface area (Å²) in [6.07, 6.45) is 3.77. The molecule has 4 aromatic carbocycles. The van der Waals surface area contributed by atoms with Gasteiger partial charge in [-0.25, -0.2) is 13.2 Å². The van der Waals surface area contributed by atoms with E-state index in [9.17, 15) is 8.78 Å². The Balaban J connectivity index is 1.41. The van der Waals surface area contributed by atoms with Crippen molar-refractivity contribution >= 4 is 10.8 Å². The van der Waals surface area contributed by atoms with Crippen molar-refractivity contribution in [3.05, 3.63) is 118 Å². The maximum absolute atomic E-state index is 15.2. The molecule has 0 fully saturated rings. The average Bonchev–Trinajstić information content (AvgIpc) is 2.88. The average molecular weight is 488 g/mol. The van der Waals surface area contributed by atoms with Gasteiger partial charge in [-0.1, -0.05) is 48.5 Å². The number of methoxy groups -OCH3 is 1. The summed E-state index contributed by atoms with van der Waals surface area (Å²) in [5.74, 6) is -1.02. The number of aryl methyl sites for hydroxylation is 5. The van der Waals surface area contributed by atoms with E-state index in [-0.39, 0.29) is 17.2 Å². The van der Waals surface area contributed by atoms with Crippen LogP contribution in [0.1, 0.15) is 39.8 Å². The Bertz CT molecular complexity index is 1410. The molecule has 0 bridgehead atoms. The fourth-order valence-corrected chi connectivity index (χ4v) is 4.47. The van der Waals surface area contributed by atoms with E-state index >= 15 is 4.39 Å². The van der Waals surface area contributed by atoms with Gasteiger partial charge < -0.3 is 4.74 Å². The van der Waals surface area contributed by atoms with Gasteiger partial charge in [-0.2, -0.15) is 5.26 Å². The Hall–Kier alpha value is -3.62. The summed E-state index contributed by atoms with van der Waals surface area (Å²) in [5.41, 5.74) is 3.95. The van der Waals surface area contributed by atoms with E-state index in [1.165, 1.54) is 12.1 Å². The molecule has 2 nitrogen and oxygen atoms in total. The summed E-state index contributed by atoms with van der Waals surface area (Å²) < 4.78 is 48.6. The molecule has 0 aliphatic rings. The van der Waals surface area contributed by atoms with Crippen LogP contribution in [0.5, 0.6) is 0 Å². The summed E-state index contributed by atoms with van der Waals surface area (Å²) in [6.45, 7) is 0.657. The van der Waals surface area contributed by atoms with Gasteiger partial charge >= 0.3 is 0 Å². The van der Waals surface area contributed by atoms with Crippen LogP contribution in [0.15, 0.2) is 66.7 Å². The third-order valence-corrected chi connectivity index (χ3v) is 6.55. The molecule has 4 rings (SSSR count). The fraction of sp³-hybridized carbons (Fsp3) is 0.258. The number of halogens is 3. The molecule has 0 aliphatic heterocycles. The highest BCUT2D eigenvalue weighted by atomic mass is 19.1. The maximum atomic E-state index is 15.2. The molecular weight excluding hydrogens is 459 g/mol. The highest BCUT2D eigenvalue weighted by molar-refractivity contribution is 5.84. The van der Waals surface area contributed by atoms with Crippen LogP contribution in [0.25, 0.3) is 10.8 Å². The van der Waals surface area contributed by atoms with Crippen LogP contribution in [-0.4, -0.2) is 13.7 Å². The largest absolute Gasteiger partial charge is 0.385 e. The van der Waals surface area contributed by atoms with Crippen molar-refractivity contribution in [1.82, 2.24) is 0 Å². The van der Waals surface area contributed by atoms with Crippen molar-refractivity contribution in [3.63, 3.8) is 0 Å². The molecule has 0 radical (unpaired) electrons. The summed E-state index contributed by atoms with van der Waals surface area (Å²) >= 11 is 0. The number of nitrogens with zero attached hydrogens (tertiary/aromatic N) is 1. The summed E-state index contributed by atoms with van der Waals surface area (Å²) in [4.78, 5) is 0. The van der Waals surface area contributed by atoms with E-state index in [0.29, 0.717) is 48.8 Å². The number of fused-ring (bicyclic) bond motifs is 1. The van der Waals surface area contributed by atoms with Gasteiger partial charge in [-0.3, -0.25) is 0 Å². The first-order valence-electron chi connectivity index (χ1n) is 12.1. The standard InChI is InChI=1S/C31H28F3NO/c1-36-16-2-3-21-4-9-24(29(32)18-21)10-5-22-8-15-28-26(17-22)14-13-25(31(28)34)11-6-23-7-12-27(20-35)30(33)19-23/h4,7-9,12-15,17-19H,2-3,5-6,10-11,16H2,1H3. The van der Waals surface area contributed by atoms with Crippen LogP contribution in [0.2, 0.25) is 0 Å². The van der Waals surface area contributed by atoms with Crippen LogP contribution in [0, 0.1) is 28.8 Å². The lowest BCUT2D eigenvalue weighted by molar-refractivity contribution is 0.195. The van der Waals surface area contributed by atoms with E-state index in [1.807, 2.05) is 30.3 Å². The van der Waals surface area contributed by atoms with Crippen LogP contribution in [0.3, 0.4) is 0 Å². The number of ether oxygens (including phenoxy) is 1. The molecule has 36 heavy (non-hydrogen) atoms. The van der Waals surface area contributed by atoms with Crippen LogP contribution < -0.4 is 0 Å². The third-order valence-electron chi connectivity index (χ3n) is 6.55. The molecule has 0 aliphatic carbocycles. The Labute approximate surface area is 210 Å². The van der Waals surface area contributed by atoms with Crippen molar-refractivity contribution in [2.45, 2.75) is 38.5 Å². The van der Waals surface area contributed by atoms with Gasteiger partial charge in [0.15, 0.2) is 0 Å². The van der Waals surface area contributed by atoms with Crippen molar-refractivity contribution in [1.29, 1.82) is 5.26 Å². The molecule has 0 N–H and O–H groups in total. The Morgan fingerprint density at radius 2 is 1.33 bits per heavy atom. The van der Waals surface area contributed by atoms with Gasteiger partial charge in [0.2, 0.25) is 0 Å². The molecule has 0 saturated carbocycles. The van der Waals surface area contributed by atoms with Crippen LogP contribution in [0.4, 0.5) is 13.2 Å². The lowest BCUT2D eigenvalue weighted by Crippen LogP contribution is -1.99. The van der Waals surface area contributed by atoms with Gasteiger partial charge in [-0.15, -0.1) is 0 Å². The minimum absolute atomic E-state index is 0.00383. The topological polar surface area (TPSA) is 33.0 Å². The molecule has 4 aromatic rings. The molecular formula is C31H28F3NO. The molecule has 0 aromatic heterocycles. The normalized spacial score (nSPS) is 11.1. The van der Waals surface area contributed by atoms with Gasteiger partial charge in [0.05, 0.1) is 5.56 Å². The number of nitriles is 1. The second-order valence-corrected chi connectivity index (χ2v) is 9.04. The first-order chi connectivity index (χ1) is 17.5. The van der Waals surface area contributed by atoms with Gasteiger partial charge in [0.1, 0.15) is 23.5 Å². The zero-order chi connectivity index (χ0) is 25.5. The monoisotopic (exact) mass is 487 g/mol. The fourth-order valence-electron chi connectivity index (χ4n) is 4.47. The van der Waals surface area contributed by atoms with Crippen LogP contribution >= 0.6 is 0 Å². The zero-order valence-electron chi connectivity index (χ0n) is 20.3. The van der Waals surface area contributed by atoms with Crippen LogP contribution in [-0.2, 0) is 36.8 Å². The minimum Gasteiger partial charge on any atom is -0.385 e. The van der Waals surface area contributed by atoms with E-state index in [1.54, 1.807) is 37.4 Å². The lowest BCUT2D eigenvalue weighted by atomic mass is 9.96. The number of hydrogen-bond donors (Lipinski definition) is 0. The highest BCUT2D eigenvalue weighted by Gasteiger charge is 2.11. The molecule has 0 saturated heterocycles. The predicted octanol–water partition coefficient (Wildman–Crippen LogP) is 7.28. The SMILES string of the molecule is COCCCc1ccc(CCc2ccc3c(F)c(CCc4ccc(C#N)c(F)c4)ccc3c2)c(F)c1. The number of rotatable bonds is 10. The molecule has 0 amide bonds. The van der Waals surface area contributed by atoms with E-state index < -0.39 is 5.82 Å². The lowest BCUT2D eigenvalue weighted by Gasteiger charge is -2.10. The Kier molecular flexibility index (Phi) is 8.40. The predicted molar refractivity (Wildman–Crippen MR) is 136 cm³/mol. The van der Waals surface area contributed by atoms with E-state index in [0.717, 1.165) is 34.9 Å². The first-order valence-corrected chi connectivity index (χ1v) is 12.1. The Morgan fingerprint density at radius 3 is 2.06 bits per heavy atom. The first kappa shape index (κ1) is 25.5. The molecule has 0 unspecified atom stereocenters. The summed E-state index contributed by atoms with van der Waals surface area (Å²) in [7, 11) is 1.66. The van der Waals surface area contributed by atoms with E-state index in [2.05, 4.69) is 0 Å². The zero-order valence-corrected chi connectivity index (χ0v) is 20.3. The van der Waals surface area contributed by atoms with Gasteiger partial charge in [0.25, 0.3) is 0 Å². The third kappa shape index (κ3) is 6.13. The Morgan fingerprint density at radius 1 is 0.694 bits per heavy atom. The van der Waals surface area contributed by atoms with Crippen molar-refractivity contribution in [3.8, 4) is 6.07 Å². The van der Waals surface area contributed by atoms with E-state index in [4.69, 9.17) is 10.00 Å². The maximum Gasteiger partial charge on any atom is 0.141 e. The van der Waals surface area contributed by atoms with Crippen molar-refractivity contribution < 1.29 is 17.9 Å². The highest BCUT2D eigenvalue weighted by Crippen LogP contribution is 2.25. The second-order valence-electron chi connectivity index (χ2n) is 9.04. The number of hydrogen-bond acceptors (Lipinski definition) is 2. The number of benzene rings is 4. The molecule has 0 atom stereocenters. The summed E-state index contributed by atoms with van der Waals surface area (Å²) in [5, 5.41) is 10.2.